The lowest BCUT2D eigenvalue weighted by atomic mass is 9.81. The van der Waals surface area contributed by atoms with E-state index in [2.05, 4.69) is 5.32 Å². The van der Waals surface area contributed by atoms with Crippen LogP contribution >= 0.6 is 0 Å². The summed E-state index contributed by atoms with van der Waals surface area (Å²) in [6, 6.07) is -0.0291. The Balaban J connectivity index is 2.53. The zero-order valence-corrected chi connectivity index (χ0v) is 12.4. The smallest absolute Gasteiger partial charge is 0.227 e. The summed E-state index contributed by atoms with van der Waals surface area (Å²) in [6.07, 6.45) is 3.04. The van der Waals surface area contributed by atoms with Gasteiger partial charge in [-0.05, 0) is 26.2 Å². The van der Waals surface area contributed by atoms with Crippen molar-refractivity contribution in [1.82, 2.24) is 10.2 Å². The standard InChI is InChI=1S/C14H27N3O2/c1-4-14(5-2,10-15)13(19)16-11(3)9-17-8-6-7-12(17)18/h11H,4-10,15H2,1-3H3,(H,16,19). The molecular weight excluding hydrogens is 242 g/mol. The summed E-state index contributed by atoms with van der Waals surface area (Å²) in [7, 11) is 0. The molecule has 1 unspecified atom stereocenters. The first-order valence-corrected chi connectivity index (χ1v) is 7.28. The van der Waals surface area contributed by atoms with Gasteiger partial charge in [-0.25, -0.2) is 0 Å². The second kappa shape index (κ2) is 6.89. The van der Waals surface area contributed by atoms with Crippen LogP contribution in [-0.4, -0.2) is 42.4 Å². The molecule has 0 aromatic rings. The van der Waals surface area contributed by atoms with Crippen molar-refractivity contribution < 1.29 is 9.59 Å². The van der Waals surface area contributed by atoms with Gasteiger partial charge in [-0.1, -0.05) is 13.8 Å². The molecule has 0 radical (unpaired) electrons. The van der Waals surface area contributed by atoms with Crippen LogP contribution in [0.5, 0.6) is 0 Å². The quantitative estimate of drug-likeness (QED) is 0.720. The van der Waals surface area contributed by atoms with Gasteiger partial charge in [0.05, 0.1) is 5.41 Å². The van der Waals surface area contributed by atoms with Crippen molar-refractivity contribution in [2.24, 2.45) is 11.1 Å². The van der Waals surface area contributed by atoms with Crippen molar-refractivity contribution in [3.8, 4) is 0 Å². The first kappa shape index (κ1) is 16.0. The number of likely N-dealkylation sites (tertiary alicyclic amines) is 1. The van der Waals surface area contributed by atoms with E-state index in [0.717, 1.165) is 25.8 Å². The van der Waals surface area contributed by atoms with Gasteiger partial charge in [0.15, 0.2) is 0 Å². The maximum atomic E-state index is 12.3. The minimum atomic E-state index is -0.469. The van der Waals surface area contributed by atoms with Gasteiger partial charge < -0.3 is 16.0 Å². The van der Waals surface area contributed by atoms with Gasteiger partial charge in [0.1, 0.15) is 0 Å². The fourth-order valence-corrected chi connectivity index (χ4v) is 2.60. The number of amides is 2. The van der Waals surface area contributed by atoms with E-state index in [1.54, 1.807) is 0 Å². The van der Waals surface area contributed by atoms with Crippen molar-refractivity contribution in [2.75, 3.05) is 19.6 Å². The average Bonchev–Trinajstić information content (AvgIpc) is 2.78. The first-order valence-electron chi connectivity index (χ1n) is 7.28. The Morgan fingerprint density at radius 2 is 2.11 bits per heavy atom. The van der Waals surface area contributed by atoms with Crippen LogP contribution in [0, 0.1) is 5.41 Å². The molecule has 1 aliphatic rings. The third kappa shape index (κ3) is 3.69. The summed E-state index contributed by atoms with van der Waals surface area (Å²) in [5, 5.41) is 3.01. The minimum absolute atomic E-state index is 0.0131. The van der Waals surface area contributed by atoms with Gasteiger partial charge >= 0.3 is 0 Å². The molecule has 1 atom stereocenters. The third-order valence-electron chi connectivity index (χ3n) is 4.27. The lowest BCUT2D eigenvalue weighted by molar-refractivity contribution is -0.133. The highest BCUT2D eigenvalue weighted by molar-refractivity contribution is 5.83. The van der Waals surface area contributed by atoms with E-state index >= 15 is 0 Å². The van der Waals surface area contributed by atoms with Gasteiger partial charge in [0, 0.05) is 32.1 Å². The summed E-state index contributed by atoms with van der Waals surface area (Å²) >= 11 is 0. The third-order valence-corrected chi connectivity index (χ3v) is 4.27. The number of hydrogen-bond acceptors (Lipinski definition) is 3. The minimum Gasteiger partial charge on any atom is -0.351 e. The second-order valence-corrected chi connectivity index (χ2v) is 5.51. The molecule has 3 N–H and O–H groups in total. The van der Waals surface area contributed by atoms with E-state index in [9.17, 15) is 9.59 Å². The molecule has 0 saturated carbocycles. The highest BCUT2D eigenvalue weighted by Gasteiger charge is 2.34. The van der Waals surface area contributed by atoms with Crippen LogP contribution in [0.15, 0.2) is 0 Å². The van der Waals surface area contributed by atoms with Crippen LogP contribution in [0.3, 0.4) is 0 Å². The van der Waals surface area contributed by atoms with Gasteiger partial charge in [0.2, 0.25) is 11.8 Å². The van der Waals surface area contributed by atoms with Gasteiger partial charge in [0.25, 0.3) is 0 Å². The number of carbonyl (C=O) groups excluding carboxylic acids is 2. The number of nitrogens with one attached hydrogen (secondary N) is 1. The molecule has 5 heteroatoms. The Kier molecular flexibility index (Phi) is 5.79. The van der Waals surface area contributed by atoms with Crippen LogP contribution in [0.1, 0.15) is 46.5 Å². The topological polar surface area (TPSA) is 75.4 Å². The molecule has 1 rings (SSSR count). The van der Waals surface area contributed by atoms with Crippen molar-refractivity contribution >= 4 is 11.8 Å². The Hall–Kier alpha value is -1.10. The highest BCUT2D eigenvalue weighted by atomic mass is 16.2. The number of carbonyl (C=O) groups is 2. The van der Waals surface area contributed by atoms with Crippen LogP contribution in [0.2, 0.25) is 0 Å². The lowest BCUT2D eigenvalue weighted by Gasteiger charge is -2.31. The van der Waals surface area contributed by atoms with Crippen molar-refractivity contribution in [2.45, 2.75) is 52.5 Å². The Labute approximate surface area is 115 Å². The molecular formula is C14H27N3O2. The fourth-order valence-electron chi connectivity index (χ4n) is 2.60. The second-order valence-electron chi connectivity index (χ2n) is 5.51. The van der Waals surface area contributed by atoms with E-state index < -0.39 is 5.41 Å². The summed E-state index contributed by atoms with van der Waals surface area (Å²) in [5.74, 6) is 0.205. The molecule has 1 heterocycles. The first-order chi connectivity index (χ1) is 8.99. The van der Waals surface area contributed by atoms with E-state index in [0.29, 0.717) is 19.5 Å². The molecule has 2 amide bonds. The summed E-state index contributed by atoms with van der Waals surface area (Å²) in [5.41, 5.74) is 5.30. The molecule has 5 nitrogen and oxygen atoms in total. The zero-order chi connectivity index (χ0) is 14.5. The van der Waals surface area contributed by atoms with Crippen LogP contribution < -0.4 is 11.1 Å². The largest absolute Gasteiger partial charge is 0.351 e. The van der Waals surface area contributed by atoms with Crippen molar-refractivity contribution in [3.63, 3.8) is 0 Å². The molecule has 19 heavy (non-hydrogen) atoms. The van der Waals surface area contributed by atoms with Gasteiger partial charge in [-0.3, -0.25) is 9.59 Å². The summed E-state index contributed by atoms with van der Waals surface area (Å²) < 4.78 is 0. The maximum absolute atomic E-state index is 12.3. The van der Waals surface area contributed by atoms with Gasteiger partial charge in [-0.2, -0.15) is 0 Å². The van der Waals surface area contributed by atoms with Crippen molar-refractivity contribution in [1.29, 1.82) is 0 Å². The van der Waals surface area contributed by atoms with E-state index in [1.807, 2.05) is 25.7 Å². The number of rotatable bonds is 7. The predicted molar refractivity (Wildman–Crippen MR) is 75.5 cm³/mol. The molecule has 1 fully saturated rings. The molecule has 110 valence electrons. The number of nitrogens with two attached hydrogens (primary N) is 1. The van der Waals surface area contributed by atoms with E-state index in [-0.39, 0.29) is 17.9 Å². The molecule has 0 aromatic heterocycles. The molecule has 0 aromatic carbocycles. The van der Waals surface area contributed by atoms with E-state index in [4.69, 9.17) is 5.73 Å². The van der Waals surface area contributed by atoms with Crippen LogP contribution in [0.25, 0.3) is 0 Å². The molecule has 0 bridgehead atoms. The Bertz CT molecular complexity index is 318. The summed E-state index contributed by atoms with van der Waals surface area (Å²) in [4.78, 5) is 25.7. The van der Waals surface area contributed by atoms with Crippen LogP contribution in [-0.2, 0) is 9.59 Å². The average molecular weight is 269 g/mol. The van der Waals surface area contributed by atoms with E-state index in [1.165, 1.54) is 0 Å². The summed E-state index contributed by atoms with van der Waals surface area (Å²) in [6.45, 7) is 7.69. The lowest BCUT2D eigenvalue weighted by Crippen LogP contribution is -2.50. The van der Waals surface area contributed by atoms with Crippen LogP contribution in [0.4, 0.5) is 0 Å². The maximum Gasteiger partial charge on any atom is 0.227 e. The number of hydrogen-bond donors (Lipinski definition) is 2. The Morgan fingerprint density at radius 3 is 2.53 bits per heavy atom. The van der Waals surface area contributed by atoms with Gasteiger partial charge in [-0.15, -0.1) is 0 Å². The molecule has 1 saturated heterocycles. The van der Waals surface area contributed by atoms with Crippen molar-refractivity contribution in [3.05, 3.63) is 0 Å². The monoisotopic (exact) mass is 269 g/mol. The predicted octanol–water partition coefficient (Wildman–Crippen LogP) is 0.879. The highest BCUT2D eigenvalue weighted by Crippen LogP contribution is 2.25. The zero-order valence-electron chi connectivity index (χ0n) is 12.4. The fraction of sp³-hybridized carbons (Fsp3) is 0.857. The normalized spacial score (nSPS) is 17.7. The Morgan fingerprint density at radius 1 is 1.47 bits per heavy atom. The molecule has 0 spiro atoms. The SMILES string of the molecule is CCC(CC)(CN)C(=O)NC(C)CN1CCCC1=O. The number of nitrogens with zero attached hydrogens (tertiary/aromatic N) is 1. The molecule has 1 aliphatic heterocycles. The molecule has 0 aliphatic carbocycles.